The molecule has 2 aromatic carbocycles. The van der Waals surface area contributed by atoms with Gasteiger partial charge < -0.3 is 18.9 Å². The molecule has 1 aromatic heterocycles. The average Bonchev–Trinajstić information content (AvgIpc) is 2.90. The van der Waals surface area contributed by atoms with E-state index in [0.717, 1.165) is 16.9 Å². The summed E-state index contributed by atoms with van der Waals surface area (Å²) in [5.41, 5.74) is -0.105. The Morgan fingerprint density at radius 1 is 0.861 bits per heavy atom. The minimum atomic E-state index is -0.872. The van der Waals surface area contributed by atoms with E-state index in [0.29, 0.717) is 34.9 Å². The van der Waals surface area contributed by atoms with E-state index < -0.39 is 24.0 Å². The lowest BCUT2D eigenvalue weighted by Crippen LogP contribution is -2.29. The molecule has 1 heterocycles. The summed E-state index contributed by atoms with van der Waals surface area (Å²) in [5.74, 6) is -1.88. The molecule has 0 saturated heterocycles. The number of rotatable bonds is 13. The third-order valence-corrected chi connectivity index (χ3v) is 6.21. The average molecular weight is 511 g/mol. The van der Waals surface area contributed by atoms with Gasteiger partial charge in [-0.05, 0) is 37.1 Å². The van der Waals surface area contributed by atoms with Crippen molar-refractivity contribution in [2.75, 3.05) is 26.4 Å². The lowest BCUT2D eigenvalue weighted by atomic mass is 10.1. The second kappa shape index (κ2) is 13.3. The van der Waals surface area contributed by atoms with E-state index in [-0.39, 0.29) is 30.8 Å². The molecular formula is C27H26O8S. The van der Waals surface area contributed by atoms with Gasteiger partial charge in [0.25, 0.3) is 0 Å². The van der Waals surface area contributed by atoms with Gasteiger partial charge in [0.1, 0.15) is 6.61 Å². The van der Waals surface area contributed by atoms with Crippen molar-refractivity contribution in [3.05, 3.63) is 83.6 Å². The lowest BCUT2D eigenvalue weighted by molar-refractivity contribution is -0.148. The Hall–Kier alpha value is -3.82. The van der Waals surface area contributed by atoms with E-state index >= 15 is 0 Å². The highest BCUT2D eigenvalue weighted by atomic mass is 32.1. The normalized spacial score (nSPS) is 11.6. The number of ether oxygens (including phenoxy) is 4. The molecule has 9 heteroatoms. The van der Waals surface area contributed by atoms with Gasteiger partial charge in [-0.15, -0.1) is 11.3 Å². The number of unbranched alkanes of at least 4 members (excludes halogenated alkanes) is 1. The fourth-order valence-corrected chi connectivity index (χ4v) is 4.45. The van der Waals surface area contributed by atoms with Crippen molar-refractivity contribution < 1.29 is 33.3 Å². The first-order chi connectivity index (χ1) is 17.4. The maximum atomic E-state index is 13.1. The van der Waals surface area contributed by atoms with Gasteiger partial charge in [0.05, 0.1) is 24.2 Å². The van der Waals surface area contributed by atoms with Crippen molar-refractivity contribution in [3.63, 3.8) is 0 Å². The number of fused-ring (bicyclic) bond motifs is 2. The molecule has 0 aliphatic carbocycles. The summed E-state index contributed by atoms with van der Waals surface area (Å²) < 4.78 is 22.6. The first kappa shape index (κ1) is 26.8. The van der Waals surface area contributed by atoms with Crippen molar-refractivity contribution in [1.82, 2.24) is 0 Å². The first-order valence-corrected chi connectivity index (χ1v) is 12.1. The maximum absolute atomic E-state index is 13.1. The zero-order valence-corrected chi connectivity index (χ0v) is 20.4. The Kier molecular flexibility index (Phi) is 9.91. The molecule has 0 bridgehead atoms. The Balaban J connectivity index is 1.63. The minimum Gasteiger partial charge on any atom is -0.463 e. The predicted molar refractivity (Wildman–Crippen MR) is 137 cm³/mol. The third-order valence-electron chi connectivity index (χ3n) is 5.07. The SMILES string of the molecule is C=CC(=O)OCCCCOCC(COC(=O)c1cccc2sc3ccccc3c(=O)c12)OC(=O)C=C. The molecule has 8 nitrogen and oxygen atoms in total. The second-order valence-electron chi connectivity index (χ2n) is 7.62. The van der Waals surface area contributed by atoms with Crippen LogP contribution in [0.3, 0.4) is 0 Å². The maximum Gasteiger partial charge on any atom is 0.339 e. The quantitative estimate of drug-likeness (QED) is 0.111. The number of benzene rings is 2. The van der Waals surface area contributed by atoms with Crippen LogP contribution in [0.25, 0.3) is 20.2 Å². The fraction of sp³-hybridized carbons (Fsp3) is 0.259. The highest BCUT2D eigenvalue weighted by Crippen LogP contribution is 2.26. The Labute approximate surface area is 211 Å². The molecule has 0 spiro atoms. The minimum absolute atomic E-state index is 0.0195. The van der Waals surface area contributed by atoms with Crippen LogP contribution in [0.5, 0.6) is 0 Å². The molecule has 0 aliphatic rings. The molecule has 36 heavy (non-hydrogen) atoms. The summed E-state index contributed by atoms with van der Waals surface area (Å²) in [4.78, 5) is 48.8. The first-order valence-electron chi connectivity index (χ1n) is 11.3. The molecule has 1 unspecified atom stereocenters. The molecule has 0 aliphatic heterocycles. The number of hydrogen-bond donors (Lipinski definition) is 0. The summed E-state index contributed by atoms with van der Waals surface area (Å²) in [6.07, 6.45) is 2.41. The number of esters is 3. The summed E-state index contributed by atoms with van der Waals surface area (Å²) in [5, 5.41) is 0.819. The van der Waals surface area contributed by atoms with E-state index in [9.17, 15) is 19.2 Å². The third kappa shape index (κ3) is 7.10. The van der Waals surface area contributed by atoms with Gasteiger partial charge in [-0.1, -0.05) is 31.4 Å². The van der Waals surface area contributed by atoms with Crippen LogP contribution in [0.1, 0.15) is 23.2 Å². The van der Waals surface area contributed by atoms with Crippen LogP contribution in [0.4, 0.5) is 0 Å². The molecule has 0 N–H and O–H groups in total. The largest absolute Gasteiger partial charge is 0.463 e. The van der Waals surface area contributed by atoms with Crippen LogP contribution in [0.15, 0.2) is 72.6 Å². The molecule has 188 valence electrons. The van der Waals surface area contributed by atoms with Crippen LogP contribution >= 0.6 is 11.3 Å². The zero-order chi connectivity index (χ0) is 25.9. The van der Waals surface area contributed by atoms with Crippen LogP contribution in [-0.4, -0.2) is 50.4 Å². The molecular weight excluding hydrogens is 484 g/mol. The van der Waals surface area contributed by atoms with Gasteiger partial charge in [0, 0.05) is 33.5 Å². The smallest absolute Gasteiger partial charge is 0.339 e. The predicted octanol–water partition coefficient (Wildman–Crippen LogP) is 4.20. The number of carbonyl (C=O) groups is 3. The highest BCUT2D eigenvalue weighted by molar-refractivity contribution is 7.24. The summed E-state index contributed by atoms with van der Waals surface area (Å²) in [6, 6.07) is 12.2. The Morgan fingerprint density at radius 2 is 1.58 bits per heavy atom. The van der Waals surface area contributed by atoms with Crippen LogP contribution < -0.4 is 5.43 Å². The van der Waals surface area contributed by atoms with Crippen LogP contribution in [0.2, 0.25) is 0 Å². The monoisotopic (exact) mass is 510 g/mol. The van der Waals surface area contributed by atoms with Crippen molar-refractivity contribution in [2.45, 2.75) is 18.9 Å². The van der Waals surface area contributed by atoms with Crippen molar-refractivity contribution in [2.24, 2.45) is 0 Å². The number of carbonyl (C=O) groups excluding carboxylic acids is 3. The van der Waals surface area contributed by atoms with Gasteiger partial charge in [0.15, 0.2) is 11.5 Å². The van der Waals surface area contributed by atoms with Gasteiger partial charge in [-0.3, -0.25) is 4.79 Å². The van der Waals surface area contributed by atoms with Crippen molar-refractivity contribution in [3.8, 4) is 0 Å². The van der Waals surface area contributed by atoms with Gasteiger partial charge in [0.2, 0.25) is 0 Å². The van der Waals surface area contributed by atoms with Crippen molar-refractivity contribution >= 4 is 49.4 Å². The van der Waals surface area contributed by atoms with E-state index in [4.69, 9.17) is 18.9 Å². The molecule has 0 fully saturated rings. The fourth-order valence-electron chi connectivity index (χ4n) is 3.34. The Morgan fingerprint density at radius 3 is 2.36 bits per heavy atom. The standard InChI is InChI=1S/C27H26O8S/c1-3-23(28)33-15-8-7-14-32-16-18(35-24(29)4-2)17-34-27(31)20-11-9-13-22-25(20)26(30)19-10-5-6-12-21(19)36-22/h3-6,9-13,18H,1-2,7-8,14-17H2. The van der Waals surface area contributed by atoms with E-state index in [1.165, 1.54) is 17.4 Å². The molecule has 0 saturated carbocycles. The molecule has 3 aromatic rings. The molecule has 3 rings (SSSR count). The lowest BCUT2D eigenvalue weighted by Gasteiger charge is -2.17. The van der Waals surface area contributed by atoms with Crippen molar-refractivity contribution in [1.29, 1.82) is 0 Å². The van der Waals surface area contributed by atoms with Gasteiger partial charge in [-0.25, -0.2) is 14.4 Å². The van der Waals surface area contributed by atoms with Crippen LogP contribution in [-0.2, 0) is 28.5 Å². The highest BCUT2D eigenvalue weighted by Gasteiger charge is 2.20. The van der Waals surface area contributed by atoms with Crippen LogP contribution in [0, 0.1) is 0 Å². The van der Waals surface area contributed by atoms with E-state index in [2.05, 4.69) is 13.2 Å². The zero-order valence-electron chi connectivity index (χ0n) is 19.6. The summed E-state index contributed by atoms with van der Waals surface area (Å²) in [7, 11) is 0. The number of hydrogen-bond acceptors (Lipinski definition) is 9. The summed E-state index contributed by atoms with van der Waals surface area (Å²) >= 11 is 1.41. The van der Waals surface area contributed by atoms with Gasteiger partial charge >= 0.3 is 17.9 Å². The van der Waals surface area contributed by atoms with Gasteiger partial charge in [-0.2, -0.15) is 0 Å². The van der Waals surface area contributed by atoms with E-state index in [1.807, 2.05) is 12.1 Å². The van der Waals surface area contributed by atoms with E-state index in [1.54, 1.807) is 24.3 Å². The molecule has 0 radical (unpaired) electrons. The molecule has 1 atom stereocenters. The molecule has 0 amide bonds. The second-order valence-corrected chi connectivity index (χ2v) is 8.70. The summed E-state index contributed by atoms with van der Waals surface area (Å²) in [6.45, 7) is 6.96. The Bertz CT molecular complexity index is 1330. The topological polar surface area (TPSA) is 105 Å².